The number of hydrogen-bond acceptors (Lipinski definition) is 3. The van der Waals surface area contributed by atoms with E-state index in [1.54, 1.807) is 24.3 Å². The zero-order valence-electron chi connectivity index (χ0n) is 13.1. The van der Waals surface area contributed by atoms with E-state index in [0.29, 0.717) is 12.1 Å². The topological polar surface area (TPSA) is 83.5 Å². The molecule has 0 aliphatic carbocycles. The number of anilines is 1. The van der Waals surface area contributed by atoms with Crippen molar-refractivity contribution in [3.05, 3.63) is 66.2 Å². The quantitative estimate of drug-likeness (QED) is 0.770. The van der Waals surface area contributed by atoms with Gasteiger partial charge in [-0.25, -0.2) is 0 Å². The summed E-state index contributed by atoms with van der Waals surface area (Å²) >= 11 is 0. The van der Waals surface area contributed by atoms with Crippen LogP contribution in [0.1, 0.15) is 12.0 Å². The van der Waals surface area contributed by atoms with Crippen molar-refractivity contribution in [3.8, 4) is 0 Å². The van der Waals surface area contributed by atoms with E-state index in [1.165, 1.54) is 0 Å². The van der Waals surface area contributed by atoms with Gasteiger partial charge in [0.2, 0.25) is 5.91 Å². The first kappa shape index (κ1) is 17.9. The fourth-order valence-electron chi connectivity index (χ4n) is 2.26. The highest BCUT2D eigenvalue weighted by Gasteiger charge is 2.26. The molecule has 2 aromatic rings. The van der Waals surface area contributed by atoms with E-state index in [-0.39, 0.29) is 12.2 Å². The van der Waals surface area contributed by atoms with Crippen molar-refractivity contribution in [2.24, 2.45) is 0 Å². The van der Waals surface area contributed by atoms with Crippen molar-refractivity contribution in [1.29, 1.82) is 0 Å². The Labute approximate surface area is 143 Å². The molecule has 126 valence electrons. The maximum Gasteiger partial charge on any atom is 0.319 e. The Morgan fingerprint density at radius 2 is 1.58 bits per heavy atom. The van der Waals surface area contributed by atoms with Crippen molar-refractivity contribution < 1.29 is 18.9 Å². The molecule has 2 unspecified atom stereocenters. The van der Waals surface area contributed by atoms with Crippen molar-refractivity contribution >= 4 is 28.4 Å². The minimum atomic E-state index is -1.78. The maximum absolute atomic E-state index is 12.3. The molecule has 0 fully saturated rings. The van der Waals surface area contributed by atoms with Gasteiger partial charge in [-0.05, 0) is 30.5 Å². The fourth-order valence-corrected chi connectivity index (χ4v) is 3.40. The average Bonchev–Trinajstić information content (AvgIpc) is 2.56. The Morgan fingerprint density at radius 3 is 2.17 bits per heavy atom. The minimum Gasteiger partial charge on any atom is -0.480 e. The van der Waals surface area contributed by atoms with Gasteiger partial charge in [-0.2, -0.15) is 0 Å². The molecule has 0 heterocycles. The Hall–Kier alpha value is -2.47. The van der Waals surface area contributed by atoms with Gasteiger partial charge in [-0.3, -0.25) is 13.8 Å². The van der Waals surface area contributed by atoms with Gasteiger partial charge < -0.3 is 10.4 Å². The van der Waals surface area contributed by atoms with Crippen LogP contribution in [0.5, 0.6) is 0 Å². The summed E-state index contributed by atoms with van der Waals surface area (Å²) in [6.45, 7) is 0. The predicted octanol–water partition coefficient (Wildman–Crippen LogP) is 2.46. The van der Waals surface area contributed by atoms with Gasteiger partial charge in [-0.1, -0.05) is 48.5 Å². The Kier molecular flexibility index (Phi) is 6.69. The lowest BCUT2D eigenvalue weighted by Crippen LogP contribution is -2.32. The molecule has 0 aliphatic rings. The highest BCUT2D eigenvalue weighted by Crippen LogP contribution is 2.11. The third-order valence-corrected chi connectivity index (χ3v) is 5.08. The van der Waals surface area contributed by atoms with Crippen molar-refractivity contribution in [1.82, 2.24) is 0 Å². The number of carbonyl (C=O) groups excluding carboxylic acids is 1. The molecule has 2 N–H and O–H groups in total. The van der Waals surface area contributed by atoms with Crippen molar-refractivity contribution in [3.63, 3.8) is 0 Å². The summed E-state index contributed by atoms with van der Waals surface area (Å²) in [5.41, 5.74) is 1.57. The number of carboxylic acid groups (broad SMARTS) is 1. The first-order valence-electron chi connectivity index (χ1n) is 7.55. The summed E-state index contributed by atoms with van der Waals surface area (Å²) in [7, 11) is -1.78. The molecule has 0 spiro atoms. The molecule has 24 heavy (non-hydrogen) atoms. The number of rotatable bonds is 8. The fraction of sp³-hybridized carbons (Fsp3) is 0.222. The molecule has 2 rings (SSSR count). The van der Waals surface area contributed by atoms with Crippen molar-refractivity contribution in [2.75, 3.05) is 11.1 Å². The van der Waals surface area contributed by atoms with Gasteiger partial charge in [0.1, 0.15) is 11.0 Å². The number of carbonyl (C=O) groups is 2. The third-order valence-electron chi connectivity index (χ3n) is 3.46. The van der Waals surface area contributed by atoms with E-state index in [2.05, 4.69) is 5.32 Å². The molecule has 2 atom stereocenters. The molecule has 0 bridgehead atoms. The zero-order chi connectivity index (χ0) is 17.4. The summed E-state index contributed by atoms with van der Waals surface area (Å²) in [5.74, 6) is -1.93. The number of nitrogens with one attached hydrogen (secondary N) is 1. The van der Waals surface area contributed by atoms with Gasteiger partial charge in [0.15, 0.2) is 0 Å². The number of hydrogen-bond donors (Lipinski definition) is 2. The normalized spacial score (nSPS) is 13.0. The zero-order valence-corrected chi connectivity index (χ0v) is 13.9. The summed E-state index contributed by atoms with van der Waals surface area (Å²) < 4.78 is 12.3. The highest BCUT2D eigenvalue weighted by atomic mass is 32.2. The summed E-state index contributed by atoms with van der Waals surface area (Å²) in [6.07, 6.45) is 0.731. The van der Waals surface area contributed by atoms with Gasteiger partial charge >= 0.3 is 5.97 Å². The van der Waals surface area contributed by atoms with E-state index in [1.807, 2.05) is 36.4 Å². The number of aryl methyl sites for hydroxylation is 1. The lowest BCUT2D eigenvalue weighted by atomic mass is 10.1. The molecule has 1 amide bonds. The lowest BCUT2D eigenvalue weighted by Gasteiger charge is -2.12. The SMILES string of the molecule is O=C(CS(=O)C(CCc1ccccc1)C(=O)O)Nc1ccccc1. The van der Waals surface area contributed by atoms with E-state index in [4.69, 9.17) is 0 Å². The molecule has 0 aliphatic heterocycles. The van der Waals surface area contributed by atoms with Crippen LogP contribution in [0, 0.1) is 0 Å². The smallest absolute Gasteiger partial charge is 0.319 e. The predicted molar refractivity (Wildman–Crippen MR) is 94.3 cm³/mol. The molecular weight excluding hydrogens is 326 g/mol. The first-order chi connectivity index (χ1) is 11.6. The minimum absolute atomic E-state index is 0.227. The van der Waals surface area contributed by atoms with Crippen LogP contribution in [-0.4, -0.2) is 32.2 Å². The van der Waals surface area contributed by atoms with Crippen LogP contribution in [0.3, 0.4) is 0 Å². The van der Waals surface area contributed by atoms with Gasteiger partial charge in [-0.15, -0.1) is 0 Å². The van der Waals surface area contributed by atoms with Gasteiger partial charge in [0, 0.05) is 16.5 Å². The molecule has 5 nitrogen and oxygen atoms in total. The van der Waals surface area contributed by atoms with E-state index < -0.39 is 27.9 Å². The third kappa shape index (κ3) is 5.62. The molecule has 0 aromatic heterocycles. The van der Waals surface area contributed by atoms with E-state index in [9.17, 15) is 18.9 Å². The molecule has 0 radical (unpaired) electrons. The second-order valence-electron chi connectivity index (χ2n) is 5.29. The average molecular weight is 345 g/mol. The Morgan fingerprint density at radius 1 is 1.00 bits per heavy atom. The monoisotopic (exact) mass is 345 g/mol. The van der Waals surface area contributed by atoms with Crippen LogP contribution in [0.4, 0.5) is 5.69 Å². The van der Waals surface area contributed by atoms with Crippen molar-refractivity contribution in [2.45, 2.75) is 18.1 Å². The number of aliphatic carboxylic acids is 1. The second kappa shape index (κ2) is 8.98. The van der Waals surface area contributed by atoms with Crippen LogP contribution in [0.2, 0.25) is 0 Å². The standard InChI is InChI=1S/C18H19NO4S/c20-17(19-15-9-5-2-6-10-15)13-24(23)16(18(21)22)12-11-14-7-3-1-4-8-14/h1-10,16H,11-13H2,(H,19,20)(H,21,22). The second-order valence-corrected chi connectivity index (χ2v) is 6.91. The first-order valence-corrected chi connectivity index (χ1v) is 8.93. The summed E-state index contributed by atoms with van der Waals surface area (Å²) in [5, 5.41) is 10.9. The largest absolute Gasteiger partial charge is 0.480 e. The lowest BCUT2D eigenvalue weighted by molar-refractivity contribution is -0.136. The molecule has 6 heteroatoms. The van der Waals surface area contributed by atoms with Gasteiger partial charge in [0.05, 0.1) is 0 Å². The number of carboxylic acids is 1. The molecule has 2 aromatic carbocycles. The maximum atomic E-state index is 12.3. The molecule has 0 saturated heterocycles. The number of benzene rings is 2. The number of para-hydroxylation sites is 1. The number of amides is 1. The van der Waals surface area contributed by atoms with E-state index >= 15 is 0 Å². The van der Waals surface area contributed by atoms with Crippen LogP contribution >= 0.6 is 0 Å². The summed E-state index contributed by atoms with van der Waals surface area (Å²) in [6, 6.07) is 18.2. The van der Waals surface area contributed by atoms with Crippen LogP contribution < -0.4 is 5.32 Å². The molecular formula is C18H19NO4S. The van der Waals surface area contributed by atoms with Gasteiger partial charge in [0.25, 0.3) is 0 Å². The van der Waals surface area contributed by atoms with Crippen LogP contribution in [0.25, 0.3) is 0 Å². The van der Waals surface area contributed by atoms with Crippen LogP contribution in [-0.2, 0) is 26.8 Å². The summed E-state index contributed by atoms with van der Waals surface area (Å²) in [4.78, 5) is 23.3. The Bertz CT molecular complexity index is 703. The highest BCUT2D eigenvalue weighted by molar-refractivity contribution is 7.87. The van der Waals surface area contributed by atoms with Crippen LogP contribution in [0.15, 0.2) is 60.7 Å². The van der Waals surface area contributed by atoms with E-state index in [0.717, 1.165) is 5.56 Å². The Balaban J connectivity index is 1.91. The molecule has 0 saturated carbocycles.